The lowest BCUT2D eigenvalue weighted by Crippen LogP contribution is -2.51. The number of aliphatic hydroxyl groups excluding tert-OH is 1. The van der Waals surface area contributed by atoms with E-state index in [1.807, 2.05) is 0 Å². The highest BCUT2D eigenvalue weighted by Gasteiger charge is 2.24. The Kier molecular flexibility index (Phi) is 4.29. The molecule has 0 radical (unpaired) electrons. The molecule has 4 heteroatoms. The second-order valence-electron chi connectivity index (χ2n) is 6.16. The molecule has 1 fully saturated rings. The highest BCUT2D eigenvalue weighted by atomic mass is 16.3. The molecule has 0 saturated carbocycles. The van der Waals surface area contributed by atoms with Crippen LogP contribution in [0.4, 0.5) is 0 Å². The van der Waals surface area contributed by atoms with Gasteiger partial charge in [-0.3, -0.25) is 4.90 Å². The number of para-hydroxylation sites is 1. The topological polar surface area (TPSA) is 31.6 Å². The van der Waals surface area contributed by atoms with Gasteiger partial charge < -0.3 is 14.6 Å². The minimum atomic E-state index is 0.275. The van der Waals surface area contributed by atoms with Gasteiger partial charge in [0, 0.05) is 63.0 Å². The third kappa shape index (κ3) is 2.98. The highest BCUT2D eigenvalue weighted by Crippen LogP contribution is 2.23. The monoisotopic (exact) mass is 287 g/mol. The molecule has 1 N–H and O–H groups in total. The van der Waals surface area contributed by atoms with Gasteiger partial charge in [-0.1, -0.05) is 18.2 Å². The molecule has 0 bridgehead atoms. The minimum Gasteiger partial charge on any atom is -0.396 e. The molecule has 0 aliphatic carbocycles. The van der Waals surface area contributed by atoms with E-state index in [2.05, 4.69) is 58.9 Å². The van der Waals surface area contributed by atoms with Gasteiger partial charge in [-0.05, 0) is 25.1 Å². The van der Waals surface area contributed by atoms with E-state index in [0.29, 0.717) is 6.04 Å². The van der Waals surface area contributed by atoms with E-state index in [1.54, 1.807) is 0 Å². The summed E-state index contributed by atoms with van der Waals surface area (Å²) in [7, 11) is 4.28. The normalized spacial score (nSPS) is 21.2. The van der Waals surface area contributed by atoms with Crippen LogP contribution < -0.4 is 0 Å². The van der Waals surface area contributed by atoms with Crippen molar-refractivity contribution in [1.82, 2.24) is 14.4 Å². The van der Waals surface area contributed by atoms with Crippen LogP contribution in [0.25, 0.3) is 10.9 Å². The molecule has 2 heterocycles. The molecule has 0 spiro atoms. The molecule has 1 aliphatic heterocycles. The van der Waals surface area contributed by atoms with Crippen LogP contribution in [0, 0.1) is 0 Å². The first-order valence-electron chi connectivity index (χ1n) is 7.75. The summed E-state index contributed by atoms with van der Waals surface area (Å²) in [5, 5.41) is 10.6. The Morgan fingerprint density at radius 2 is 2.00 bits per heavy atom. The van der Waals surface area contributed by atoms with Crippen molar-refractivity contribution in [2.24, 2.45) is 7.05 Å². The van der Waals surface area contributed by atoms with E-state index in [4.69, 9.17) is 0 Å². The average molecular weight is 287 g/mol. The van der Waals surface area contributed by atoms with E-state index in [9.17, 15) is 5.11 Å². The summed E-state index contributed by atoms with van der Waals surface area (Å²) in [5.41, 5.74) is 2.70. The van der Waals surface area contributed by atoms with E-state index >= 15 is 0 Å². The van der Waals surface area contributed by atoms with Crippen molar-refractivity contribution >= 4 is 10.9 Å². The zero-order valence-electron chi connectivity index (χ0n) is 13.0. The average Bonchev–Trinajstić information content (AvgIpc) is 2.80. The molecule has 2 aromatic rings. The predicted molar refractivity (Wildman–Crippen MR) is 86.3 cm³/mol. The van der Waals surface area contributed by atoms with Gasteiger partial charge in [0.25, 0.3) is 0 Å². The standard InChI is InChI=1S/C17H25N3O/c1-18-8-9-20(13-15(18)7-10-21)12-14-11-19(2)17-6-4-3-5-16(14)17/h3-6,11,15,21H,7-10,12-13H2,1-2H3. The lowest BCUT2D eigenvalue weighted by Gasteiger charge is -2.39. The van der Waals surface area contributed by atoms with Gasteiger partial charge in [-0.15, -0.1) is 0 Å². The molecule has 1 aromatic carbocycles. The highest BCUT2D eigenvalue weighted by molar-refractivity contribution is 5.83. The second kappa shape index (κ2) is 6.18. The maximum Gasteiger partial charge on any atom is 0.0481 e. The summed E-state index contributed by atoms with van der Waals surface area (Å²) >= 11 is 0. The number of aromatic nitrogens is 1. The Balaban J connectivity index is 1.76. The van der Waals surface area contributed by atoms with Crippen LogP contribution in [0.15, 0.2) is 30.5 Å². The van der Waals surface area contributed by atoms with Crippen molar-refractivity contribution in [1.29, 1.82) is 0 Å². The van der Waals surface area contributed by atoms with Crippen LogP contribution >= 0.6 is 0 Å². The zero-order chi connectivity index (χ0) is 14.8. The number of piperazine rings is 1. The molecular weight excluding hydrogens is 262 g/mol. The number of aryl methyl sites for hydroxylation is 1. The van der Waals surface area contributed by atoms with Crippen molar-refractivity contribution in [3.8, 4) is 0 Å². The van der Waals surface area contributed by atoms with Crippen molar-refractivity contribution in [3.63, 3.8) is 0 Å². The maximum absolute atomic E-state index is 9.21. The van der Waals surface area contributed by atoms with E-state index < -0.39 is 0 Å². The predicted octanol–water partition coefficient (Wildman–Crippen LogP) is 1.68. The quantitative estimate of drug-likeness (QED) is 0.928. The van der Waals surface area contributed by atoms with Crippen molar-refractivity contribution in [3.05, 3.63) is 36.0 Å². The number of rotatable bonds is 4. The Hall–Kier alpha value is -1.36. The number of fused-ring (bicyclic) bond motifs is 1. The minimum absolute atomic E-state index is 0.275. The SMILES string of the molecule is CN1CCN(Cc2cn(C)c3ccccc23)CC1CCO. The molecule has 1 aliphatic rings. The van der Waals surface area contributed by atoms with Gasteiger partial charge in [0.1, 0.15) is 0 Å². The maximum atomic E-state index is 9.21. The van der Waals surface area contributed by atoms with Gasteiger partial charge >= 0.3 is 0 Å². The van der Waals surface area contributed by atoms with Crippen LogP contribution in [0.5, 0.6) is 0 Å². The fourth-order valence-electron chi connectivity index (χ4n) is 3.41. The van der Waals surface area contributed by atoms with E-state index in [-0.39, 0.29) is 6.61 Å². The largest absolute Gasteiger partial charge is 0.396 e. The summed E-state index contributed by atoms with van der Waals surface area (Å²) in [6.45, 7) is 4.49. The summed E-state index contributed by atoms with van der Waals surface area (Å²) in [4.78, 5) is 4.89. The van der Waals surface area contributed by atoms with Gasteiger partial charge in [0.15, 0.2) is 0 Å². The first kappa shape index (κ1) is 14.6. The molecule has 1 atom stereocenters. The number of aliphatic hydroxyl groups is 1. The van der Waals surface area contributed by atoms with Crippen molar-refractivity contribution in [2.45, 2.75) is 19.0 Å². The van der Waals surface area contributed by atoms with Gasteiger partial charge in [-0.25, -0.2) is 0 Å². The van der Waals surface area contributed by atoms with Gasteiger partial charge in [-0.2, -0.15) is 0 Å². The molecule has 4 nitrogen and oxygen atoms in total. The Labute approximate surface area is 126 Å². The summed E-state index contributed by atoms with van der Waals surface area (Å²) in [6.07, 6.45) is 3.12. The van der Waals surface area contributed by atoms with Gasteiger partial charge in [0.2, 0.25) is 0 Å². The van der Waals surface area contributed by atoms with Gasteiger partial charge in [0.05, 0.1) is 0 Å². The third-order valence-electron chi connectivity index (χ3n) is 4.70. The molecule has 1 aromatic heterocycles. The van der Waals surface area contributed by atoms with Crippen molar-refractivity contribution in [2.75, 3.05) is 33.3 Å². The smallest absolute Gasteiger partial charge is 0.0481 e. The third-order valence-corrected chi connectivity index (χ3v) is 4.70. The fraction of sp³-hybridized carbons (Fsp3) is 0.529. The lowest BCUT2D eigenvalue weighted by atomic mass is 10.1. The second-order valence-corrected chi connectivity index (χ2v) is 6.16. The Bertz CT molecular complexity index is 607. The number of hydrogen-bond donors (Lipinski definition) is 1. The Morgan fingerprint density at radius 3 is 2.81 bits per heavy atom. The van der Waals surface area contributed by atoms with E-state index in [0.717, 1.165) is 32.6 Å². The molecule has 3 rings (SSSR count). The summed E-state index contributed by atoms with van der Waals surface area (Å²) < 4.78 is 2.21. The number of likely N-dealkylation sites (N-methyl/N-ethyl adjacent to an activating group) is 1. The van der Waals surface area contributed by atoms with Crippen LogP contribution in [0.3, 0.4) is 0 Å². The summed E-state index contributed by atoms with van der Waals surface area (Å²) in [6, 6.07) is 9.08. The molecular formula is C17H25N3O. The Morgan fingerprint density at radius 1 is 1.19 bits per heavy atom. The van der Waals surface area contributed by atoms with Crippen LogP contribution in [0.1, 0.15) is 12.0 Å². The molecule has 114 valence electrons. The van der Waals surface area contributed by atoms with Crippen molar-refractivity contribution < 1.29 is 5.11 Å². The van der Waals surface area contributed by atoms with E-state index in [1.165, 1.54) is 16.5 Å². The number of nitrogens with zero attached hydrogens (tertiary/aromatic N) is 3. The first-order chi connectivity index (χ1) is 10.2. The number of hydrogen-bond acceptors (Lipinski definition) is 3. The molecule has 1 unspecified atom stereocenters. The zero-order valence-corrected chi connectivity index (χ0v) is 13.0. The van der Waals surface area contributed by atoms with Crippen LogP contribution in [0.2, 0.25) is 0 Å². The molecule has 1 saturated heterocycles. The fourth-order valence-corrected chi connectivity index (χ4v) is 3.41. The van der Waals surface area contributed by atoms with Crippen LogP contribution in [-0.4, -0.2) is 58.8 Å². The first-order valence-corrected chi connectivity index (χ1v) is 7.75. The summed E-state index contributed by atoms with van der Waals surface area (Å²) in [5.74, 6) is 0. The number of benzene rings is 1. The molecule has 21 heavy (non-hydrogen) atoms. The lowest BCUT2D eigenvalue weighted by molar-refractivity contribution is 0.0745. The van der Waals surface area contributed by atoms with Crippen LogP contribution in [-0.2, 0) is 13.6 Å². The molecule has 0 amide bonds.